The van der Waals surface area contributed by atoms with Gasteiger partial charge in [0.15, 0.2) is 0 Å². The molecule has 0 aliphatic heterocycles. The predicted molar refractivity (Wildman–Crippen MR) is 42.4 cm³/mol. The zero-order valence-electron chi connectivity index (χ0n) is 6.78. The van der Waals surface area contributed by atoms with Crippen LogP contribution in [0.1, 0.15) is 24.8 Å². The number of carbonyl (C=O) groups excluding carboxylic acids is 1. The Bertz CT molecular complexity index is 295. The number of carbonyl (C=O) groups is 1. The first kappa shape index (κ1) is 8.54. The number of hydrogen-bond acceptors (Lipinski definition) is 3. The van der Waals surface area contributed by atoms with Crippen LogP contribution in [0.5, 0.6) is 0 Å². The highest BCUT2D eigenvalue weighted by Gasteiger charge is 2.13. The van der Waals surface area contributed by atoms with Crippen molar-refractivity contribution in [1.29, 1.82) is 5.26 Å². The summed E-state index contributed by atoms with van der Waals surface area (Å²) in [6, 6.07) is 3.76. The first-order chi connectivity index (χ1) is 5.74. The van der Waals surface area contributed by atoms with Gasteiger partial charge in [-0.15, -0.1) is 0 Å². The molecule has 1 aromatic heterocycles. The van der Waals surface area contributed by atoms with Crippen molar-refractivity contribution in [2.45, 2.75) is 19.3 Å². The molecule has 0 bridgehead atoms. The second-order valence-corrected chi connectivity index (χ2v) is 2.64. The van der Waals surface area contributed by atoms with E-state index < -0.39 is 0 Å². The van der Waals surface area contributed by atoms with Crippen molar-refractivity contribution in [1.82, 2.24) is 0 Å². The molecule has 3 nitrogen and oxygen atoms in total. The van der Waals surface area contributed by atoms with Crippen molar-refractivity contribution in [2.24, 2.45) is 0 Å². The molecule has 1 atom stereocenters. The maximum Gasteiger partial charge on any atom is 0.131 e. The summed E-state index contributed by atoms with van der Waals surface area (Å²) in [4.78, 5) is 10.7. The fraction of sp³-hybridized carbons (Fsp3) is 0.333. The number of nitriles is 1. The van der Waals surface area contributed by atoms with Gasteiger partial charge in [-0.1, -0.05) is 0 Å². The van der Waals surface area contributed by atoms with E-state index >= 15 is 0 Å². The van der Waals surface area contributed by atoms with Crippen molar-refractivity contribution in [3.63, 3.8) is 0 Å². The van der Waals surface area contributed by atoms with E-state index in [2.05, 4.69) is 6.07 Å². The molecule has 0 aromatic carbocycles. The second-order valence-electron chi connectivity index (χ2n) is 2.64. The van der Waals surface area contributed by atoms with E-state index in [0.717, 1.165) is 5.56 Å². The molecule has 0 radical (unpaired) electrons. The smallest absolute Gasteiger partial charge is 0.131 e. The molecule has 0 spiro atoms. The summed E-state index contributed by atoms with van der Waals surface area (Å²) in [6.45, 7) is 1.48. The van der Waals surface area contributed by atoms with Gasteiger partial charge in [-0.25, -0.2) is 0 Å². The fourth-order valence-electron chi connectivity index (χ4n) is 0.999. The molecule has 0 saturated carbocycles. The third-order valence-corrected chi connectivity index (χ3v) is 1.59. The van der Waals surface area contributed by atoms with Crippen molar-refractivity contribution in [2.75, 3.05) is 0 Å². The Morgan fingerprint density at radius 2 is 2.58 bits per heavy atom. The number of Topliss-reactive ketones (excluding diaryl/α,β-unsaturated/α-hetero) is 1. The molecule has 0 saturated heterocycles. The van der Waals surface area contributed by atoms with Gasteiger partial charge < -0.3 is 4.42 Å². The Hall–Kier alpha value is -1.56. The van der Waals surface area contributed by atoms with Gasteiger partial charge in [0.2, 0.25) is 0 Å². The van der Waals surface area contributed by atoms with Gasteiger partial charge in [0.05, 0.1) is 24.5 Å². The summed E-state index contributed by atoms with van der Waals surface area (Å²) in [5.41, 5.74) is 0.771. The van der Waals surface area contributed by atoms with E-state index in [4.69, 9.17) is 9.68 Å². The van der Waals surface area contributed by atoms with Crippen LogP contribution in [0.15, 0.2) is 23.0 Å². The van der Waals surface area contributed by atoms with Crippen LogP contribution in [0.3, 0.4) is 0 Å². The fourth-order valence-corrected chi connectivity index (χ4v) is 0.999. The van der Waals surface area contributed by atoms with Gasteiger partial charge in [0.25, 0.3) is 0 Å². The van der Waals surface area contributed by atoms with Crippen molar-refractivity contribution < 1.29 is 9.21 Å². The maximum atomic E-state index is 10.7. The lowest BCUT2D eigenvalue weighted by atomic mass is 9.98. The molecule has 1 heterocycles. The van der Waals surface area contributed by atoms with Gasteiger partial charge in [-0.2, -0.15) is 5.26 Å². The minimum Gasteiger partial charge on any atom is -0.472 e. The average molecular weight is 163 g/mol. The maximum absolute atomic E-state index is 10.7. The van der Waals surface area contributed by atoms with Crippen molar-refractivity contribution in [3.8, 4) is 6.07 Å². The Morgan fingerprint density at radius 1 is 1.83 bits per heavy atom. The van der Waals surface area contributed by atoms with E-state index in [1.807, 2.05) is 0 Å². The highest BCUT2D eigenvalue weighted by Crippen LogP contribution is 2.18. The normalized spacial score (nSPS) is 12.0. The first-order valence-electron chi connectivity index (χ1n) is 3.65. The third kappa shape index (κ3) is 1.96. The Labute approximate surface area is 70.6 Å². The van der Waals surface area contributed by atoms with Crippen molar-refractivity contribution >= 4 is 5.78 Å². The molecule has 0 aliphatic carbocycles. The standard InChI is InChI=1S/C9H9NO2/c1-7(11)4-9(5-10)8-2-3-12-6-8/h2-3,6,9H,4H2,1H3. The van der Waals surface area contributed by atoms with Gasteiger partial charge in [-0.3, -0.25) is 4.79 Å². The largest absolute Gasteiger partial charge is 0.472 e. The molecule has 0 amide bonds. The lowest BCUT2D eigenvalue weighted by molar-refractivity contribution is -0.117. The zero-order valence-corrected chi connectivity index (χ0v) is 6.78. The Kier molecular flexibility index (Phi) is 2.65. The molecule has 0 fully saturated rings. The summed E-state index contributed by atoms with van der Waals surface area (Å²) in [5.74, 6) is -0.344. The summed E-state index contributed by atoms with van der Waals surface area (Å²) in [5, 5.41) is 8.70. The Balaban J connectivity index is 2.72. The highest BCUT2D eigenvalue weighted by molar-refractivity contribution is 5.76. The van der Waals surface area contributed by atoms with Crippen LogP contribution in [-0.2, 0) is 4.79 Å². The van der Waals surface area contributed by atoms with Crippen LogP contribution in [0.25, 0.3) is 0 Å². The van der Waals surface area contributed by atoms with Crippen LogP contribution in [0, 0.1) is 11.3 Å². The van der Waals surface area contributed by atoms with E-state index in [-0.39, 0.29) is 18.1 Å². The van der Waals surface area contributed by atoms with Gasteiger partial charge in [0.1, 0.15) is 5.78 Å². The number of nitrogens with zero attached hydrogens (tertiary/aromatic N) is 1. The molecule has 12 heavy (non-hydrogen) atoms. The SMILES string of the molecule is CC(=O)CC(C#N)c1ccoc1. The van der Waals surface area contributed by atoms with Gasteiger partial charge >= 0.3 is 0 Å². The Morgan fingerprint density at radius 3 is 3.00 bits per heavy atom. The third-order valence-electron chi connectivity index (χ3n) is 1.59. The zero-order chi connectivity index (χ0) is 8.97. The number of rotatable bonds is 3. The quantitative estimate of drug-likeness (QED) is 0.683. The van der Waals surface area contributed by atoms with Gasteiger partial charge in [-0.05, 0) is 13.0 Å². The summed E-state index contributed by atoms with van der Waals surface area (Å²) in [6.07, 6.45) is 3.26. The topological polar surface area (TPSA) is 54.0 Å². The minimum atomic E-state index is -0.360. The molecule has 1 unspecified atom stereocenters. The van der Waals surface area contributed by atoms with Crippen LogP contribution in [0.2, 0.25) is 0 Å². The minimum absolute atomic E-state index is 0.0164. The van der Waals surface area contributed by atoms with E-state index in [0.29, 0.717) is 0 Å². The molecule has 1 aromatic rings. The average Bonchev–Trinajstić information content (AvgIpc) is 2.51. The monoisotopic (exact) mass is 163 g/mol. The predicted octanol–water partition coefficient (Wildman–Crippen LogP) is 1.87. The summed E-state index contributed by atoms with van der Waals surface area (Å²) < 4.78 is 4.82. The molecule has 1 rings (SSSR count). The lowest BCUT2D eigenvalue weighted by Gasteiger charge is -2.01. The first-order valence-corrected chi connectivity index (χ1v) is 3.65. The molecule has 0 aliphatic rings. The summed E-state index contributed by atoms with van der Waals surface area (Å²) in [7, 11) is 0. The van der Waals surface area contributed by atoms with Crippen LogP contribution < -0.4 is 0 Å². The number of furan rings is 1. The van der Waals surface area contributed by atoms with Crippen LogP contribution in [0.4, 0.5) is 0 Å². The van der Waals surface area contributed by atoms with E-state index in [1.54, 1.807) is 6.07 Å². The number of ketones is 1. The molecule has 0 N–H and O–H groups in total. The molecular formula is C9H9NO2. The second kappa shape index (κ2) is 3.72. The van der Waals surface area contributed by atoms with Crippen LogP contribution in [-0.4, -0.2) is 5.78 Å². The molecule has 62 valence electrons. The highest BCUT2D eigenvalue weighted by atomic mass is 16.3. The van der Waals surface area contributed by atoms with Crippen molar-refractivity contribution in [3.05, 3.63) is 24.2 Å². The molecular weight excluding hydrogens is 154 g/mol. The van der Waals surface area contributed by atoms with E-state index in [9.17, 15) is 4.79 Å². The number of hydrogen-bond donors (Lipinski definition) is 0. The lowest BCUT2D eigenvalue weighted by Crippen LogP contribution is -2.00. The summed E-state index contributed by atoms with van der Waals surface area (Å²) >= 11 is 0. The molecule has 3 heteroatoms. The van der Waals surface area contributed by atoms with E-state index in [1.165, 1.54) is 19.5 Å². The van der Waals surface area contributed by atoms with Gasteiger partial charge in [0, 0.05) is 12.0 Å². The van der Waals surface area contributed by atoms with Crippen LogP contribution >= 0.6 is 0 Å².